The van der Waals surface area contributed by atoms with Crippen LogP contribution in [0, 0.1) is 5.92 Å². The number of nitrogens with one attached hydrogen (secondary N) is 1. The lowest BCUT2D eigenvalue weighted by Gasteiger charge is -2.12. The van der Waals surface area contributed by atoms with Crippen molar-refractivity contribution >= 4 is 27.7 Å². The van der Waals surface area contributed by atoms with E-state index in [-0.39, 0.29) is 0 Å². The topological polar surface area (TPSA) is 42.7 Å². The number of rotatable bonds is 6. The van der Waals surface area contributed by atoms with E-state index in [9.17, 15) is 0 Å². The van der Waals surface area contributed by atoms with Crippen LogP contribution < -0.4 is 5.32 Å². The van der Waals surface area contributed by atoms with Crippen LogP contribution in [0.2, 0.25) is 0 Å². The van der Waals surface area contributed by atoms with Gasteiger partial charge in [-0.3, -0.25) is 0 Å². The first-order valence-corrected chi connectivity index (χ1v) is 8.18. The van der Waals surface area contributed by atoms with Gasteiger partial charge in [0.05, 0.1) is 0 Å². The van der Waals surface area contributed by atoms with Crippen LogP contribution in [-0.4, -0.2) is 21.3 Å². The standard InChI is InChI=1S/C14H19BrN4S/c1-10(2)7-16-8-11-4-5-12(15)6-13(11)20-14-17-9-18-19(14)3/h4-6,9-10,16H,7-8H2,1-3H3. The Bertz CT molecular complexity index is 568. The summed E-state index contributed by atoms with van der Waals surface area (Å²) >= 11 is 5.17. The zero-order valence-electron chi connectivity index (χ0n) is 11.9. The molecule has 0 aliphatic rings. The molecule has 0 atom stereocenters. The highest BCUT2D eigenvalue weighted by molar-refractivity contribution is 9.10. The van der Waals surface area contributed by atoms with Gasteiger partial charge in [0.2, 0.25) is 0 Å². The second-order valence-corrected chi connectivity index (χ2v) is 6.97. The van der Waals surface area contributed by atoms with Crippen LogP contribution in [0.3, 0.4) is 0 Å². The number of benzene rings is 1. The van der Waals surface area contributed by atoms with Gasteiger partial charge < -0.3 is 5.32 Å². The van der Waals surface area contributed by atoms with Gasteiger partial charge in [-0.1, -0.05) is 35.8 Å². The van der Waals surface area contributed by atoms with Crippen LogP contribution in [-0.2, 0) is 13.6 Å². The van der Waals surface area contributed by atoms with E-state index in [2.05, 4.69) is 63.4 Å². The van der Waals surface area contributed by atoms with E-state index in [1.54, 1.807) is 22.8 Å². The van der Waals surface area contributed by atoms with Gasteiger partial charge in [0.25, 0.3) is 0 Å². The van der Waals surface area contributed by atoms with Gasteiger partial charge in [0, 0.05) is 23.0 Å². The molecule has 2 rings (SSSR count). The van der Waals surface area contributed by atoms with Crippen molar-refractivity contribution in [2.45, 2.75) is 30.4 Å². The van der Waals surface area contributed by atoms with Gasteiger partial charge in [-0.05, 0) is 41.9 Å². The maximum atomic E-state index is 4.27. The van der Waals surface area contributed by atoms with Gasteiger partial charge in [-0.25, -0.2) is 9.67 Å². The first-order chi connectivity index (χ1) is 9.56. The van der Waals surface area contributed by atoms with E-state index < -0.39 is 0 Å². The van der Waals surface area contributed by atoms with Crippen molar-refractivity contribution in [1.29, 1.82) is 0 Å². The monoisotopic (exact) mass is 354 g/mol. The average molecular weight is 355 g/mol. The minimum absolute atomic E-state index is 0.653. The Balaban J connectivity index is 2.13. The second-order valence-electron chi connectivity index (χ2n) is 5.05. The van der Waals surface area contributed by atoms with Crippen LogP contribution in [0.1, 0.15) is 19.4 Å². The quantitative estimate of drug-likeness (QED) is 0.862. The summed E-state index contributed by atoms with van der Waals surface area (Å²) in [7, 11) is 1.91. The highest BCUT2D eigenvalue weighted by Gasteiger charge is 2.09. The maximum absolute atomic E-state index is 4.27. The predicted octanol–water partition coefficient (Wildman–Crippen LogP) is 3.47. The fourth-order valence-corrected chi connectivity index (χ4v) is 3.19. The number of hydrogen-bond donors (Lipinski definition) is 1. The maximum Gasteiger partial charge on any atom is 0.190 e. The zero-order chi connectivity index (χ0) is 14.5. The van der Waals surface area contributed by atoms with E-state index >= 15 is 0 Å². The molecule has 0 aliphatic heterocycles. The molecule has 20 heavy (non-hydrogen) atoms. The summed E-state index contributed by atoms with van der Waals surface area (Å²) in [6.45, 7) is 6.31. The van der Waals surface area contributed by atoms with E-state index in [4.69, 9.17) is 0 Å². The van der Waals surface area contributed by atoms with Gasteiger partial charge in [0.15, 0.2) is 5.16 Å². The molecule has 0 amide bonds. The van der Waals surface area contributed by atoms with Gasteiger partial charge >= 0.3 is 0 Å². The Morgan fingerprint density at radius 1 is 1.40 bits per heavy atom. The molecule has 0 radical (unpaired) electrons. The molecule has 2 aromatic rings. The lowest BCUT2D eigenvalue weighted by atomic mass is 10.2. The van der Waals surface area contributed by atoms with Crippen molar-refractivity contribution in [2.75, 3.05) is 6.54 Å². The normalized spacial score (nSPS) is 11.2. The number of hydrogen-bond acceptors (Lipinski definition) is 4. The molecule has 1 aromatic heterocycles. The molecule has 4 nitrogen and oxygen atoms in total. The van der Waals surface area contributed by atoms with Gasteiger partial charge in [-0.15, -0.1) is 0 Å². The van der Waals surface area contributed by atoms with E-state index in [1.807, 2.05) is 7.05 Å². The number of halogens is 1. The van der Waals surface area contributed by atoms with Crippen LogP contribution >= 0.6 is 27.7 Å². The minimum Gasteiger partial charge on any atom is -0.312 e. The van der Waals surface area contributed by atoms with Crippen molar-refractivity contribution < 1.29 is 0 Å². The third kappa shape index (κ3) is 4.33. The Kier molecular flexibility index (Phi) is 5.63. The summed E-state index contributed by atoms with van der Waals surface area (Å²) in [6.07, 6.45) is 1.58. The molecule has 0 saturated heterocycles. The zero-order valence-corrected chi connectivity index (χ0v) is 14.3. The fourth-order valence-electron chi connectivity index (χ4n) is 1.74. The molecule has 0 unspecified atom stereocenters. The van der Waals surface area contributed by atoms with E-state index in [0.717, 1.165) is 22.7 Å². The lowest BCUT2D eigenvalue weighted by Crippen LogP contribution is -2.19. The molecule has 1 aromatic carbocycles. The Labute approximate surface area is 132 Å². The second kappa shape index (κ2) is 7.24. The molecule has 108 valence electrons. The highest BCUT2D eigenvalue weighted by Crippen LogP contribution is 2.31. The summed E-state index contributed by atoms with van der Waals surface area (Å²) in [5, 5.41) is 8.49. The Morgan fingerprint density at radius 2 is 2.20 bits per heavy atom. The fraction of sp³-hybridized carbons (Fsp3) is 0.429. The van der Waals surface area contributed by atoms with Crippen LogP contribution in [0.25, 0.3) is 0 Å². The third-order valence-electron chi connectivity index (χ3n) is 2.77. The summed E-state index contributed by atoms with van der Waals surface area (Å²) < 4.78 is 2.87. The SMILES string of the molecule is CC(C)CNCc1ccc(Br)cc1Sc1ncnn1C. The first kappa shape index (κ1) is 15.5. The largest absolute Gasteiger partial charge is 0.312 e. The van der Waals surface area contributed by atoms with E-state index in [1.165, 1.54) is 10.5 Å². The van der Waals surface area contributed by atoms with Gasteiger partial charge in [0.1, 0.15) is 6.33 Å². The molecular weight excluding hydrogens is 336 g/mol. The summed E-state index contributed by atoms with van der Waals surface area (Å²) in [6, 6.07) is 6.36. The summed E-state index contributed by atoms with van der Waals surface area (Å²) in [5.41, 5.74) is 1.28. The molecule has 0 aliphatic carbocycles. The molecule has 0 spiro atoms. The smallest absolute Gasteiger partial charge is 0.190 e. The van der Waals surface area contributed by atoms with E-state index in [0.29, 0.717) is 5.92 Å². The molecule has 0 fully saturated rings. The molecule has 1 N–H and O–H groups in total. The van der Waals surface area contributed by atoms with Crippen molar-refractivity contribution in [3.05, 3.63) is 34.6 Å². The number of aromatic nitrogens is 3. The van der Waals surface area contributed by atoms with Crippen molar-refractivity contribution in [2.24, 2.45) is 13.0 Å². The highest BCUT2D eigenvalue weighted by atomic mass is 79.9. The predicted molar refractivity (Wildman–Crippen MR) is 85.8 cm³/mol. The molecular formula is C14H19BrN4S. The third-order valence-corrected chi connectivity index (χ3v) is 4.41. The number of aryl methyl sites for hydroxylation is 1. The summed E-state index contributed by atoms with van der Waals surface area (Å²) in [5.74, 6) is 0.653. The van der Waals surface area contributed by atoms with Gasteiger partial charge in [-0.2, -0.15) is 5.10 Å². The Hall–Kier alpha value is -0.850. The first-order valence-electron chi connectivity index (χ1n) is 6.57. The van der Waals surface area contributed by atoms with Crippen LogP contribution in [0.15, 0.2) is 39.1 Å². The molecule has 1 heterocycles. The molecule has 0 bridgehead atoms. The molecule has 6 heteroatoms. The lowest BCUT2D eigenvalue weighted by molar-refractivity contribution is 0.550. The minimum atomic E-state index is 0.653. The Morgan fingerprint density at radius 3 is 2.85 bits per heavy atom. The number of nitrogens with zero attached hydrogens (tertiary/aromatic N) is 3. The van der Waals surface area contributed by atoms with Crippen molar-refractivity contribution in [3.8, 4) is 0 Å². The average Bonchev–Trinajstić information content (AvgIpc) is 2.77. The van der Waals surface area contributed by atoms with Crippen molar-refractivity contribution in [1.82, 2.24) is 20.1 Å². The summed E-state index contributed by atoms with van der Waals surface area (Å²) in [4.78, 5) is 5.47. The van der Waals surface area contributed by atoms with Crippen LogP contribution in [0.4, 0.5) is 0 Å². The van der Waals surface area contributed by atoms with Crippen LogP contribution in [0.5, 0.6) is 0 Å². The van der Waals surface area contributed by atoms with Crippen molar-refractivity contribution in [3.63, 3.8) is 0 Å². The molecule has 0 saturated carbocycles.